The summed E-state index contributed by atoms with van der Waals surface area (Å²) in [6.45, 7) is 6.77. The molecule has 0 amide bonds. The van der Waals surface area contributed by atoms with Crippen LogP contribution in [0, 0.1) is 0 Å². The highest BCUT2D eigenvalue weighted by Gasteiger charge is 2.53. The van der Waals surface area contributed by atoms with Crippen molar-refractivity contribution in [3.8, 4) is 23.0 Å². The highest BCUT2D eigenvalue weighted by molar-refractivity contribution is 5.98. The molecule has 0 bridgehead atoms. The van der Waals surface area contributed by atoms with Crippen LogP contribution < -0.4 is 4.74 Å². The number of hydrogen-bond acceptors (Lipinski definition) is 6. The molecular weight excluding hydrogens is 388 g/mol. The molecule has 1 spiro atoms. The first-order valence-corrected chi connectivity index (χ1v) is 9.02. The van der Waals surface area contributed by atoms with Gasteiger partial charge in [0.15, 0.2) is 5.60 Å². The summed E-state index contributed by atoms with van der Waals surface area (Å²) in [7, 11) is 0. The normalized spacial score (nSPS) is 15.6. The number of carbonyl (C=O) groups excluding carboxylic acids is 1. The molecule has 4 rings (SSSR count). The largest absolute Gasteiger partial charge is 0.508 e. The fraction of sp³-hybridized carbons (Fsp3) is 0.130. The van der Waals surface area contributed by atoms with Gasteiger partial charge in [-0.1, -0.05) is 24.8 Å². The maximum Gasteiger partial charge on any atom is 0.340 e. The molecule has 0 fully saturated rings. The molecule has 2 aliphatic heterocycles. The highest BCUT2D eigenvalue weighted by atomic mass is 16.6. The van der Waals surface area contributed by atoms with Gasteiger partial charge < -0.3 is 24.8 Å². The van der Waals surface area contributed by atoms with Gasteiger partial charge in [0.05, 0.1) is 5.57 Å². The first-order valence-electron chi connectivity index (χ1n) is 9.02. The number of carboxylic acids is 1. The van der Waals surface area contributed by atoms with E-state index in [0.717, 1.165) is 6.92 Å². The van der Waals surface area contributed by atoms with E-state index in [2.05, 4.69) is 6.58 Å². The lowest BCUT2D eigenvalue weighted by Crippen LogP contribution is -2.33. The summed E-state index contributed by atoms with van der Waals surface area (Å²) < 4.78 is 11.8. The van der Waals surface area contributed by atoms with E-state index in [4.69, 9.17) is 19.4 Å². The van der Waals surface area contributed by atoms with Crippen molar-refractivity contribution in [1.82, 2.24) is 0 Å². The molecule has 0 aliphatic carbocycles. The van der Waals surface area contributed by atoms with Crippen LogP contribution in [-0.4, -0.2) is 27.3 Å². The molecule has 0 aromatic heterocycles. The number of allylic oxidation sites excluding steroid dienone is 1. The Balaban J connectivity index is 0.000000589. The Bertz CT molecular complexity index is 1050. The second kappa shape index (κ2) is 7.79. The first-order chi connectivity index (χ1) is 14.2. The molecule has 7 nitrogen and oxygen atoms in total. The monoisotopic (exact) mass is 408 g/mol. The summed E-state index contributed by atoms with van der Waals surface area (Å²) >= 11 is 0. The van der Waals surface area contributed by atoms with Gasteiger partial charge in [-0.05, 0) is 31.2 Å². The summed E-state index contributed by atoms with van der Waals surface area (Å²) in [4.78, 5) is 21.6. The lowest BCUT2D eigenvalue weighted by molar-refractivity contribution is -0.144. The summed E-state index contributed by atoms with van der Waals surface area (Å²) in [5.41, 5.74) is 0.899. The maximum absolute atomic E-state index is 12.6. The summed E-state index contributed by atoms with van der Waals surface area (Å²) in [5, 5.41) is 27.1. The Hall–Kier alpha value is -4.00. The number of phenols is 2. The van der Waals surface area contributed by atoms with Crippen molar-refractivity contribution >= 4 is 11.9 Å². The third-order valence-electron chi connectivity index (χ3n) is 4.58. The molecule has 154 valence electrons. The Morgan fingerprint density at radius 2 is 1.57 bits per heavy atom. The van der Waals surface area contributed by atoms with Crippen LogP contribution in [0.3, 0.4) is 0 Å². The number of benzene rings is 2. The number of rotatable bonds is 2. The average Bonchev–Trinajstić information content (AvgIpc) is 2.93. The number of hydrogen-bond donors (Lipinski definition) is 3. The number of fused-ring (bicyclic) bond motifs is 4. The van der Waals surface area contributed by atoms with Gasteiger partial charge in [0.1, 0.15) is 23.0 Å². The number of esters is 1. The third kappa shape index (κ3) is 3.30. The fourth-order valence-corrected chi connectivity index (χ4v) is 3.56. The van der Waals surface area contributed by atoms with E-state index in [1.54, 1.807) is 30.4 Å². The molecule has 2 aromatic carbocycles. The number of aromatic hydroxyl groups is 2. The van der Waals surface area contributed by atoms with Crippen molar-refractivity contribution in [3.63, 3.8) is 0 Å². The van der Waals surface area contributed by atoms with Crippen molar-refractivity contribution in [1.29, 1.82) is 0 Å². The van der Waals surface area contributed by atoms with Crippen LogP contribution in [0.2, 0.25) is 0 Å². The minimum atomic E-state index is -1.25. The van der Waals surface area contributed by atoms with E-state index < -0.39 is 17.5 Å². The van der Waals surface area contributed by atoms with Gasteiger partial charge in [-0.3, -0.25) is 4.79 Å². The van der Waals surface area contributed by atoms with Crippen LogP contribution in [0.5, 0.6) is 23.0 Å². The van der Waals surface area contributed by atoms with Crippen LogP contribution in [0.25, 0.3) is 0 Å². The topological polar surface area (TPSA) is 113 Å². The van der Waals surface area contributed by atoms with Gasteiger partial charge in [-0.15, -0.1) is 0 Å². The van der Waals surface area contributed by atoms with Gasteiger partial charge in [0, 0.05) is 35.8 Å². The fourth-order valence-electron chi connectivity index (χ4n) is 3.56. The van der Waals surface area contributed by atoms with Crippen LogP contribution in [-0.2, 0) is 19.9 Å². The van der Waals surface area contributed by atoms with E-state index >= 15 is 0 Å². The molecule has 2 aromatic rings. The van der Waals surface area contributed by atoms with Crippen molar-refractivity contribution in [2.75, 3.05) is 0 Å². The molecule has 0 radical (unpaired) electrons. The smallest absolute Gasteiger partial charge is 0.340 e. The molecule has 7 heteroatoms. The van der Waals surface area contributed by atoms with Crippen molar-refractivity contribution in [2.24, 2.45) is 0 Å². The average molecular weight is 408 g/mol. The zero-order chi connectivity index (χ0) is 22.1. The standard InChI is InChI=1S/C21H16O5.C2H4O2/c1-3-5-14-15(4-2)21(26-20(14)24)16-8-6-12(22)10-18(16)25-19-11-13(23)7-9-17(19)21;1-2(3)4/h3-11,22-23H,2H2,1H3;1H3,(H,3,4)/b5-3-;. The molecule has 0 saturated carbocycles. The third-order valence-corrected chi connectivity index (χ3v) is 4.58. The van der Waals surface area contributed by atoms with E-state index in [-0.39, 0.29) is 11.5 Å². The molecular formula is C23H20O7. The molecule has 3 N–H and O–H groups in total. The molecule has 2 aliphatic rings. The minimum Gasteiger partial charge on any atom is -0.508 e. The van der Waals surface area contributed by atoms with E-state index in [0.29, 0.717) is 33.8 Å². The number of aliphatic carboxylic acids is 1. The lowest BCUT2D eigenvalue weighted by atomic mass is 9.77. The number of carbonyl (C=O) groups is 2. The minimum absolute atomic E-state index is 0.0182. The van der Waals surface area contributed by atoms with E-state index in [9.17, 15) is 15.0 Å². The van der Waals surface area contributed by atoms with Crippen molar-refractivity contribution in [3.05, 3.63) is 83.5 Å². The van der Waals surface area contributed by atoms with Gasteiger partial charge in [-0.25, -0.2) is 4.79 Å². The summed E-state index contributed by atoms with van der Waals surface area (Å²) in [6.07, 6.45) is 5.04. The Morgan fingerprint density at radius 3 is 2.00 bits per heavy atom. The number of ether oxygens (including phenoxy) is 2. The first kappa shape index (κ1) is 20.7. The summed E-state index contributed by atoms with van der Waals surface area (Å²) in [5.74, 6) is -0.582. The van der Waals surface area contributed by atoms with Crippen molar-refractivity contribution < 1.29 is 34.4 Å². The van der Waals surface area contributed by atoms with Gasteiger partial charge in [-0.2, -0.15) is 0 Å². The number of carboxylic acid groups (broad SMARTS) is 1. The van der Waals surface area contributed by atoms with Gasteiger partial charge >= 0.3 is 5.97 Å². The SMILES string of the molecule is C=CC1=C(/C=C\C)C(=O)OC12c1ccc(O)cc1Oc1cc(O)ccc12.CC(=O)O. The van der Waals surface area contributed by atoms with Crippen LogP contribution in [0.4, 0.5) is 0 Å². The molecule has 0 atom stereocenters. The van der Waals surface area contributed by atoms with Crippen LogP contribution in [0.15, 0.2) is 72.4 Å². The zero-order valence-electron chi connectivity index (χ0n) is 16.4. The van der Waals surface area contributed by atoms with E-state index in [1.807, 2.05) is 6.92 Å². The van der Waals surface area contributed by atoms with Gasteiger partial charge in [0.25, 0.3) is 5.97 Å². The maximum atomic E-state index is 12.6. The second-order valence-electron chi connectivity index (χ2n) is 6.58. The molecule has 30 heavy (non-hydrogen) atoms. The zero-order valence-corrected chi connectivity index (χ0v) is 16.4. The lowest BCUT2D eigenvalue weighted by Gasteiger charge is -2.37. The Morgan fingerprint density at radius 1 is 1.07 bits per heavy atom. The van der Waals surface area contributed by atoms with Crippen LogP contribution >= 0.6 is 0 Å². The molecule has 2 heterocycles. The Kier molecular flexibility index (Phi) is 5.38. The van der Waals surface area contributed by atoms with Crippen LogP contribution in [0.1, 0.15) is 25.0 Å². The summed E-state index contributed by atoms with van der Waals surface area (Å²) in [6, 6.07) is 9.25. The van der Waals surface area contributed by atoms with Gasteiger partial charge in [0.2, 0.25) is 0 Å². The van der Waals surface area contributed by atoms with Crippen molar-refractivity contribution in [2.45, 2.75) is 19.4 Å². The predicted octanol–water partition coefficient (Wildman–Crippen LogP) is 4.15. The Labute approximate surface area is 172 Å². The predicted molar refractivity (Wildman–Crippen MR) is 109 cm³/mol. The second-order valence-corrected chi connectivity index (χ2v) is 6.58. The number of phenolic OH excluding ortho intramolecular Hbond substituents is 2. The highest BCUT2D eigenvalue weighted by Crippen LogP contribution is 2.57. The van der Waals surface area contributed by atoms with E-state index in [1.165, 1.54) is 24.3 Å². The molecule has 0 saturated heterocycles. The quantitative estimate of drug-likeness (QED) is 0.640. The molecule has 0 unspecified atom stereocenters.